The summed E-state index contributed by atoms with van der Waals surface area (Å²) in [5.41, 5.74) is 0. The zero-order chi connectivity index (χ0) is 12.5. The summed E-state index contributed by atoms with van der Waals surface area (Å²) >= 11 is 5.82. The fourth-order valence-corrected chi connectivity index (χ4v) is 2.52. The van der Waals surface area contributed by atoms with Crippen molar-refractivity contribution in [2.45, 2.75) is 6.92 Å². The van der Waals surface area contributed by atoms with E-state index in [1.54, 1.807) is 25.1 Å². The Morgan fingerprint density at radius 3 is 2.65 bits per heavy atom. The third-order valence-electron chi connectivity index (χ3n) is 2.06. The fraction of sp³-hybridized carbons (Fsp3) is 0.100. The highest BCUT2D eigenvalue weighted by molar-refractivity contribution is 7.85. The van der Waals surface area contributed by atoms with Gasteiger partial charge in [0.05, 0.1) is 5.02 Å². The number of hydrogen-bond acceptors (Lipinski definition) is 4. The quantitative estimate of drug-likeness (QED) is 0.858. The molecule has 0 fully saturated rings. The van der Waals surface area contributed by atoms with Crippen LogP contribution in [0, 0.1) is 6.92 Å². The van der Waals surface area contributed by atoms with E-state index in [1.165, 1.54) is 18.5 Å². The van der Waals surface area contributed by atoms with Gasteiger partial charge in [-0.3, -0.25) is 0 Å². The van der Waals surface area contributed by atoms with E-state index in [4.69, 9.17) is 15.8 Å². The summed E-state index contributed by atoms with van der Waals surface area (Å²) in [4.78, 5) is 3.82. The Labute approximate surface area is 104 Å². The van der Waals surface area contributed by atoms with Gasteiger partial charge in [-0.2, -0.15) is 12.4 Å². The molecule has 0 aliphatic rings. The summed E-state index contributed by atoms with van der Waals surface area (Å²) in [6, 6.07) is 6.35. The molecule has 0 saturated heterocycles. The predicted molar refractivity (Wildman–Crippen MR) is 63.4 cm³/mol. The van der Waals surface area contributed by atoms with Gasteiger partial charge in [0.25, 0.3) is 0 Å². The molecule has 0 atom stereocenters. The first-order valence-corrected chi connectivity index (χ1v) is 6.44. The highest BCUT2D eigenvalue weighted by Crippen LogP contribution is 2.25. The van der Waals surface area contributed by atoms with Crippen LogP contribution in [0.15, 0.2) is 36.7 Å². The van der Waals surface area contributed by atoms with Crippen molar-refractivity contribution in [3.63, 3.8) is 0 Å². The van der Waals surface area contributed by atoms with Crippen LogP contribution in [0.25, 0.3) is 0 Å². The second-order valence-electron chi connectivity index (χ2n) is 3.24. The largest absolute Gasteiger partial charge is 0.414 e. The molecule has 0 radical (unpaired) electrons. The predicted octanol–water partition coefficient (Wildman–Crippen LogP) is 2.02. The molecule has 0 spiro atoms. The van der Waals surface area contributed by atoms with Crippen LogP contribution >= 0.6 is 11.6 Å². The Morgan fingerprint density at radius 2 is 2.06 bits per heavy atom. The van der Waals surface area contributed by atoms with Crippen LogP contribution in [0.4, 0.5) is 0 Å². The molecule has 0 N–H and O–H groups in total. The number of aromatic nitrogens is 2. The van der Waals surface area contributed by atoms with Gasteiger partial charge in [0.15, 0.2) is 5.75 Å². The van der Waals surface area contributed by atoms with Crippen LogP contribution in [0.1, 0.15) is 5.82 Å². The molecule has 2 aromatic rings. The van der Waals surface area contributed by atoms with Gasteiger partial charge >= 0.3 is 10.3 Å². The minimum Gasteiger partial charge on any atom is -0.365 e. The first-order chi connectivity index (χ1) is 8.00. The van der Waals surface area contributed by atoms with E-state index >= 15 is 0 Å². The molecule has 0 aliphatic carbocycles. The lowest BCUT2D eigenvalue weighted by Crippen LogP contribution is -2.19. The van der Waals surface area contributed by atoms with Gasteiger partial charge in [0, 0.05) is 12.4 Å². The molecule has 5 nitrogen and oxygen atoms in total. The minimum atomic E-state index is -3.95. The highest BCUT2D eigenvalue weighted by atomic mass is 35.5. The Balaban J connectivity index is 2.37. The van der Waals surface area contributed by atoms with Crippen molar-refractivity contribution in [3.8, 4) is 5.75 Å². The second-order valence-corrected chi connectivity index (χ2v) is 5.06. The maximum Gasteiger partial charge on any atom is 0.414 e. The Bertz CT molecular complexity index is 637. The van der Waals surface area contributed by atoms with E-state index in [-0.39, 0.29) is 10.8 Å². The van der Waals surface area contributed by atoms with Gasteiger partial charge in [-0.1, -0.05) is 23.7 Å². The van der Waals surface area contributed by atoms with Gasteiger partial charge < -0.3 is 4.18 Å². The van der Waals surface area contributed by atoms with Crippen molar-refractivity contribution >= 4 is 21.9 Å². The normalized spacial score (nSPS) is 11.4. The second kappa shape index (κ2) is 4.38. The molecule has 0 bridgehead atoms. The first kappa shape index (κ1) is 11.9. The van der Waals surface area contributed by atoms with Crippen LogP contribution in [0.2, 0.25) is 5.02 Å². The lowest BCUT2D eigenvalue weighted by Gasteiger charge is -2.09. The standard InChI is InChI=1S/C10H9ClN2O3S/c1-8-12-6-7-13(8)17(14,15)16-10-5-3-2-4-9(10)11/h2-7H,1H3. The summed E-state index contributed by atoms with van der Waals surface area (Å²) in [6.45, 7) is 1.56. The van der Waals surface area contributed by atoms with Gasteiger partial charge in [0.2, 0.25) is 0 Å². The fourth-order valence-electron chi connectivity index (χ4n) is 1.27. The maximum atomic E-state index is 11.9. The van der Waals surface area contributed by atoms with Crippen molar-refractivity contribution in [1.29, 1.82) is 0 Å². The third-order valence-corrected chi connectivity index (χ3v) is 3.63. The summed E-state index contributed by atoms with van der Waals surface area (Å²) < 4.78 is 29.6. The number of para-hydroxylation sites is 1. The molecule has 2 rings (SSSR count). The van der Waals surface area contributed by atoms with Crippen LogP contribution in [0.5, 0.6) is 5.75 Å². The van der Waals surface area contributed by atoms with Crippen molar-refractivity contribution in [3.05, 3.63) is 47.5 Å². The van der Waals surface area contributed by atoms with E-state index < -0.39 is 10.3 Å². The van der Waals surface area contributed by atoms with E-state index in [1.807, 2.05) is 0 Å². The molecule has 0 saturated carbocycles. The zero-order valence-corrected chi connectivity index (χ0v) is 10.4. The number of nitrogens with zero attached hydrogens (tertiary/aromatic N) is 2. The molecular weight excluding hydrogens is 264 g/mol. The third kappa shape index (κ3) is 2.42. The molecule has 0 amide bonds. The number of aryl methyl sites for hydroxylation is 1. The molecule has 90 valence electrons. The molecule has 0 unspecified atom stereocenters. The monoisotopic (exact) mass is 272 g/mol. The summed E-state index contributed by atoms with van der Waals surface area (Å²) in [7, 11) is -3.95. The first-order valence-electron chi connectivity index (χ1n) is 4.70. The van der Waals surface area contributed by atoms with E-state index in [2.05, 4.69) is 4.98 Å². The number of halogens is 1. The van der Waals surface area contributed by atoms with Crippen molar-refractivity contribution in [2.24, 2.45) is 0 Å². The van der Waals surface area contributed by atoms with E-state index in [0.717, 1.165) is 3.97 Å². The summed E-state index contributed by atoms with van der Waals surface area (Å²) in [6.07, 6.45) is 2.68. The molecule has 0 aliphatic heterocycles. The number of rotatable bonds is 3. The van der Waals surface area contributed by atoms with Crippen molar-refractivity contribution < 1.29 is 12.6 Å². The van der Waals surface area contributed by atoms with Crippen LogP contribution in [-0.4, -0.2) is 17.4 Å². The Morgan fingerprint density at radius 1 is 1.35 bits per heavy atom. The average molecular weight is 273 g/mol. The lowest BCUT2D eigenvalue weighted by atomic mass is 10.3. The molecule has 1 heterocycles. The lowest BCUT2D eigenvalue weighted by molar-refractivity contribution is 0.475. The highest BCUT2D eigenvalue weighted by Gasteiger charge is 2.18. The molecule has 1 aromatic heterocycles. The SMILES string of the molecule is Cc1nccn1S(=O)(=O)Oc1ccccc1Cl. The minimum absolute atomic E-state index is 0.0854. The van der Waals surface area contributed by atoms with Crippen LogP contribution in [0.3, 0.4) is 0 Å². The molecule has 7 heteroatoms. The van der Waals surface area contributed by atoms with Gasteiger partial charge in [-0.15, -0.1) is 0 Å². The topological polar surface area (TPSA) is 61.2 Å². The molecular formula is C10H9ClN2O3S. The molecule has 1 aromatic carbocycles. The van der Waals surface area contributed by atoms with Crippen LogP contribution < -0.4 is 4.18 Å². The van der Waals surface area contributed by atoms with E-state index in [0.29, 0.717) is 5.82 Å². The average Bonchev–Trinajstić information content (AvgIpc) is 2.68. The number of imidazole rings is 1. The summed E-state index contributed by atoms with van der Waals surface area (Å²) in [5.74, 6) is 0.402. The van der Waals surface area contributed by atoms with Crippen LogP contribution in [-0.2, 0) is 10.3 Å². The summed E-state index contributed by atoms with van der Waals surface area (Å²) in [5, 5.41) is 0.230. The van der Waals surface area contributed by atoms with Crippen molar-refractivity contribution in [2.75, 3.05) is 0 Å². The number of benzene rings is 1. The zero-order valence-electron chi connectivity index (χ0n) is 8.87. The molecule has 17 heavy (non-hydrogen) atoms. The van der Waals surface area contributed by atoms with Gasteiger partial charge in [-0.25, -0.2) is 4.98 Å². The Hall–Kier alpha value is -1.53. The smallest absolute Gasteiger partial charge is 0.365 e. The maximum absolute atomic E-state index is 11.9. The van der Waals surface area contributed by atoms with Gasteiger partial charge in [-0.05, 0) is 19.1 Å². The number of hydrogen-bond donors (Lipinski definition) is 0. The van der Waals surface area contributed by atoms with Gasteiger partial charge in [0.1, 0.15) is 5.82 Å². The Kier molecular flexibility index (Phi) is 3.08. The van der Waals surface area contributed by atoms with E-state index in [9.17, 15) is 8.42 Å². The van der Waals surface area contributed by atoms with Crippen molar-refractivity contribution in [1.82, 2.24) is 8.96 Å².